The number of carbonyl (C=O) groups excluding carboxylic acids is 3. The van der Waals surface area contributed by atoms with Crippen molar-refractivity contribution in [2.24, 2.45) is 5.73 Å². The SMILES string of the molecule is CC(O)C(N)C(=O)NC(Cc1c[nH]c2ccccc12)C(=O)NC(CO)C(=O)NC(CO)C(=O)O. The predicted molar refractivity (Wildman–Crippen MR) is 119 cm³/mol. The second-order valence-corrected chi connectivity index (χ2v) is 7.72. The third-order valence-electron chi connectivity index (χ3n) is 5.17. The molecule has 2 rings (SSSR count). The Kier molecular flexibility index (Phi) is 9.50. The lowest BCUT2D eigenvalue weighted by molar-refractivity contribution is -0.143. The van der Waals surface area contributed by atoms with Crippen LogP contribution in [-0.2, 0) is 25.6 Å². The molecule has 0 saturated heterocycles. The minimum Gasteiger partial charge on any atom is -0.480 e. The van der Waals surface area contributed by atoms with Crippen LogP contribution in [0.4, 0.5) is 0 Å². The largest absolute Gasteiger partial charge is 0.480 e. The molecule has 0 bridgehead atoms. The van der Waals surface area contributed by atoms with E-state index in [1.807, 2.05) is 23.5 Å². The molecule has 0 saturated carbocycles. The highest BCUT2D eigenvalue weighted by Gasteiger charge is 2.31. The third kappa shape index (κ3) is 6.74. The van der Waals surface area contributed by atoms with Gasteiger partial charge in [-0.25, -0.2) is 4.79 Å². The van der Waals surface area contributed by atoms with Crippen LogP contribution in [0.5, 0.6) is 0 Å². The highest BCUT2D eigenvalue weighted by molar-refractivity contribution is 5.95. The number of para-hydroxylation sites is 1. The van der Waals surface area contributed by atoms with E-state index in [4.69, 9.17) is 15.9 Å². The standard InChI is InChI=1S/C21H29N5O8/c1-10(29)17(22)20(32)24-14(6-11-7-23-13-5-3-2-4-12(11)13)18(30)25-15(8-27)19(31)26-16(9-28)21(33)34/h2-5,7,10,14-17,23,27-29H,6,8-9,22H2,1H3,(H,24,32)(H,25,30)(H,26,31)(H,33,34). The van der Waals surface area contributed by atoms with E-state index in [0.29, 0.717) is 5.56 Å². The minimum atomic E-state index is -1.63. The Bertz CT molecular complexity index is 1020. The van der Waals surface area contributed by atoms with Gasteiger partial charge in [0.05, 0.1) is 19.3 Å². The molecular weight excluding hydrogens is 450 g/mol. The molecule has 0 spiro atoms. The Balaban J connectivity index is 2.24. The van der Waals surface area contributed by atoms with Crippen LogP contribution in [0.25, 0.3) is 10.9 Å². The van der Waals surface area contributed by atoms with E-state index in [1.54, 1.807) is 12.3 Å². The van der Waals surface area contributed by atoms with Crippen molar-refractivity contribution >= 4 is 34.6 Å². The van der Waals surface area contributed by atoms with Crippen LogP contribution < -0.4 is 21.7 Å². The van der Waals surface area contributed by atoms with Gasteiger partial charge in [0, 0.05) is 23.5 Å². The summed E-state index contributed by atoms with van der Waals surface area (Å²) in [5, 5.41) is 44.7. The third-order valence-corrected chi connectivity index (χ3v) is 5.17. The second kappa shape index (κ2) is 12.1. The monoisotopic (exact) mass is 479 g/mol. The van der Waals surface area contributed by atoms with Gasteiger partial charge in [-0.05, 0) is 18.6 Å². The van der Waals surface area contributed by atoms with Gasteiger partial charge in [0.15, 0.2) is 0 Å². The number of carbonyl (C=O) groups is 4. The molecule has 0 aliphatic heterocycles. The maximum Gasteiger partial charge on any atom is 0.328 e. The summed E-state index contributed by atoms with van der Waals surface area (Å²) >= 11 is 0. The van der Waals surface area contributed by atoms with Gasteiger partial charge in [0.1, 0.15) is 24.2 Å². The number of hydrogen-bond donors (Lipinski definition) is 9. The van der Waals surface area contributed by atoms with E-state index < -0.39 is 67.2 Å². The summed E-state index contributed by atoms with van der Waals surface area (Å²) in [6, 6.07) is 1.47. The molecule has 1 heterocycles. The number of aliphatic hydroxyl groups is 3. The van der Waals surface area contributed by atoms with Crippen molar-refractivity contribution in [2.45, 2.75) is 43.6 Å². The fourth-order valence-electron chi connectivity index (χ4n) is 3.14. The number of aromatic amines is 1. The molecule has 2 aromatic rings. The van der Waals surface area contributed by atoms with Gasteiger partial charge in [-0.2, -0.15) is 0 Å². The molecule has 1 aromatic heterocycles. The van der Waals surface area contributed by atoms with Gasteiger partial charge >= 0.3 is 5.97 Å². The number of amides is 3. The summed E-state index contributed by atoms with van der Waals surface area (Å²) in [4.78, 5) is 51.8. The molecule has 10 N–H and O–H groups in total. The first kappa shape index (κ1) is 26.7. The molecule has 186 valence electrons. The normalized spacial score (nSPS) is 15.6. The number of aliphatic hydroxyl groups excluding tert-OH is 3. The molecule has 1 aromatic carbocycles. The number of nitrogens with one attached hydrogen (secondary N) is 4. The number of fused-ring (bicyclic) bond motifs is 1. The van der Waals surface area contributed by atoms with E-state index in [-0.39, 0.29) is 6.42 Å². The maximum absolute atomic E-state index is 13.0. The first-order valence-corrected chi connectivity index (χ1v) is 10.4. The molecule has 0 radical (unpaired) electrons. The summed E-state index contributed by atoms with van der Waals surface area (Å²) in [6.07, 6.45) is 0.433. The van der Waals surface area contributed by atoms with E-state index in [1.165, 1.54) is 6.92 Å². The summed E-state index contributed by atoms with van der Waals surface area (Å²) < 4.78 is 0. The van der Waals surface area contributed by atoms with Crippen LogP contribution in [0.2, 0.25) is 0 Å². The molecule has 13 heteroatoms. The molecule has 0 fully saturated rings. The lowest BCUT2D eigenvalue weighted by Gasteiger charge is -2.24. The van der Waals surface area contributed by atoms with E-state index >= 15 is 0 Å². The number of hydrogen-bond acceptors (Lipinski definition) is 8. The van der Waals surface area contributed by atoms with Crippen molar-refractivity contribution in [1.29, 1.82) is 0 Å². The Morgan fingerprint density at radius 2 is 1.50 bits per heavy atom. The fourth-order valence-corrected chi connectivity index (χ4v) is 3.14. The number of nitrogens with two attached hydrogens (primary N) is 1. The molecule has 5 atom stereocenters. The number of carboxylic acids is 1. The molecule has 5 unspecified atom stereocenters. The van der Waals surface area contributed by atoms with Crippen molar-refractivity contribution in [3.05, 3.63) is 36.0 Å². The zero-order valence-electron chi connectivity index (χ0n) is 18.4. The summed E-state index contributed by atoms with van der Waals surface area (Å²) in [5.41, 5.74) is 7.12. The van der Waals surface area contributed by atoms with E-state index in [2.05, 4.69) is 15.6 Å². The van der Waals surface area contributed by atoms with Gasteiger partial charge in [-0.1, -0.05) is 18.2 Å². The topological polar surface area (TPSA) is 227 Å². The lowest BCUT2D eigenvalue weighted by Crippen LogP contribution is -2.59. The van der Waals surface area contributed by atoms with Gasteiger partial charge < -0.3 is 47.1 Å². The number of aromatic nitrogens is 1. The average Bonchev–Trinajstić information content (AvgIpc) is 3.22. The van der Waals surface area contributed by atoms with Crippen LogP contribution in [0.1, 0.15) is 12.5 Å². The molecule has 0 aliphatic carbocycles. The van der Waals surface area contributed by atoms with Crippen LogP contribution in [0.3, 0.4) is 0 Å². The predicted octanol–water partition coefficient (Wildman–Crippen LogP) is -3.06. The van der Waals surface area contributed by atoms with Crippen molar-refractivity contribution in [2.75, 3.05) is 13.2 Å². The highest BCUT2D eigenvalue weighted by atomic mass is 16.4. The maximum atomic E-state index is 13.0. The number of aliphatic carboxylic acids is 1. The lowest BCUT2D eigenvalue weighted by atomic mass is 10.0. The second-order valence-electron chi connectivity index (χ2n) is 7.72. The molecule has 13 nitrogen and oxygen atoms in total. The Hall–Kier alpha value is -3.52. The Morgan fingerprint density at radius 1 is 0.941 bits per heavy atom. The molecular formula is C21H29N5O8. The zero-order chi connectivity index (χ0) is 25.4. The average molecular weight is 479 g/mol. The molecule has 0 aliphatic rings. The zero-order valence-corrected chi connectivity index (χ0v) is 18.4. The number of rotatable bonds is 12. The molecule has 3 amide bonds. The van der Waals surface area contributed by atoms with Gasteiger partial charge in [-0.3, -0.25) is 14.4 Å². The quantitative estimate of drug-likeness (QED) is 0.150. The molecule has 34 heavy (non-hydrogen) atoms. The first-order chi connectivity index (χ1) is 16.1. The Labute approximate surface area is 194 Å². The van der Waals surface area contributed by atoms with Crippen LogP contribution in [0.15, 0.2) is 30.5 Å². The fraction of sp³-hybridized carbons (Fsp3) is 0.429. The Morgan fingerprint density at radius 3 is 2.09 bits per heavy atom. The number of benzene rings is 1. The van der Waals surface area contributed by atoms with Crippen LogP contribution >= 0.6 is 0 Å². The summed E-state index contributed by atoms with van der Waals surface area (Å²) in [7, 11) is 0. The van der Waals surface area contributed by atoms with Crippen molar-refractivity contribution in [3.63, 3.8) is 0 Å². The van der Waals surface area contributed by atoms with E-state index in [0.717, 1.165) is 10.9 Å². The van der Waals surface area contributed by atoms with Crippen molar-refractivity contribution in [3.8, 4) is 0 Å². The van der Waals surface area contributed by atoms with Crippen molar-refractivity contribution in [1.82, 2.24) is 20.9 Å². The first-order valence-electron chi connectivity index (χ1n) is 10.4. The van der Waals surface area contributed by atoms with E-state index in [9.17, 15) is 29.4 Å². The number of H-pyrrole nitrogens is 1. The number of carboxylic acid groups (broad SMARTS) is 1. The minimum absolute atomic E-state index is 0.0255. The van der Waals surface area contributed by atoms with Crippen LogP contribution in [-0.4, -0.2) is 92.6 Å². The van der Waals surface area contributed by atoms with Gasteiger partial charge in [0.25, 0.3) is 0 Å². The van der Waals surface area contributed by atoms with Crippen LogP contribution in [0, 0.1) is 0 Å². The highest BCUT2D eigenvalue weighted by Crippen LogP contribution is 2.19. The summed E-state index contributed by atoms with van der Waals surface area (Å²) in [6.45, 7) is -0.467. The van der Waals surface area contributed by atoms with Crippen molar-refractivity contribution < 1.29 is 39.6 Å². The summed E-state index contributed by atoms with van der Waals surface area (Å²) in [5.74, 6) is -4.22. The van der Waals surface area contributed by atoms with Gasteiger partial charge in [-0.15, -0.1) is 0 Å². The van der Waals surface area contributed by atoms with Gasteiger partial charge in [0.2, 0.25) is 17.7 Å². The smallest absolute Gasteiger partial charge is 0.328 e.